The fourth-order valence-electron chi connectivity index (χ4n) is 1.67. The molecular weight excluding hydrogens is 346 g/mol. The summed E-state index contributed by atoms with van der Waals surface area (Å²) in [5.74, 6) is -0.612. The molecule has 1 heterocycles. The SMILES string of the molecule is Cc1oc(C(=O)O)cc1COc1cc(Br)cc([N+](=O)[O-])c1. The summed E-state index contributed by atoms with van der Waals surface area (Å²) in [4.78, 5) is 21.0. The molecule has 0 aliphatic heterocycles. The first-order valence-corrected chi connectivity index (χ1v) is 6.56. The van der Waals surface area contributed by atoms with E-state index in [0.29, 0.717) is 21.5 Å². The van der Waals surface area contributed by atoms with E-state index in [1.165, 1.54) is 18.2 Å². The largest absolute Gasteiger partial charge is 0.488 e. The number of nitro benzene ring substituents is 1. The van der Waals surface area contributed by atoms with Gasteiger partial charge in [-0.2, -0.15) is 0 Å². The smallest absolute Gasteiger partial charge is 0.371 e. The monoisotopic (exact) mass is 355 g/mol. The van der Waals surface area contributed by atoms with Crippen LogP contribution in [0, 0.1) is 17.0 Å². The van der Waals surface area contributed by atoms with E-state index in [2.05, 4.69) is 15.9 Å². The number of hydrogen-bond donors (Lipinski definition) is 1. The highest BCUT2D eigenvalue weighted by Gasteiger charge is 2.14. The molecule has 0 atom stereocenters. The Labute approximate surface area is 127 Å². The molecule has 1 aromatic carbocycles. The molecule has 0 saturated carbocycles. The number of aryl methyl sites for hydroxylation is 1. The molecule has 0 fully saturated rings. The molecule has 8 heteroatoms. The Bertz CT molecular complexity index is 709. The van der Waals surface area contributed by atoms with E-state index in [1.807, 2.05) is 0 Å². The van der Waals surface area contributed by atoms with E-state index in [-0.39, 0.29) is 18.1 Å². The number of furan rings is 1. The maximum absolute atomic E-state index is 10.8. The molecule has 21 heavy (non-hydrogen) atoms. The maximum atomic E-state index is 10.8. The molecule has 0 spiro atoms. The van der Waals surface area contributed by atoms with E-state index in [1.54, 1.807) is 13.0 Å². The van der Waals surface area contributed by atoms with Gasteiger partial charge in [-0.1, -0.05) is 15.9 Å². The highest BCUT2D eigenvalue weighted by molar-refractivity contribution is 9.10. The van der Waals surface area contributed by atoms with Crippen molar-refractivity contribution in [3.63, 3.8) is 0 Å². The fraction of sp³-hybridized carbons (Fsp3) is 0.154. The Kier molecular flexibility index (Phi) is 4.27. The highest BCUT2D eigenvalue weighted by atomic mass is 79.9. The van der Waals surface area contributed by atoms with Crippen molar-refractivity contribution >= 4 is 27.6 Å². The Morgan fingerprint density at radius 3 is 2.71 bits per heavy atom. The van der Waals surface area contributed by atoms with Crippen LogP contribution < -0.4 is 4.74 Å². The van der Waals surface area contributed by atoms with Gasteiger partial charge in [0.1, 0.15) is 18.1 Å². The number of halogens is 1. The molecule has 0 amide bonds. The summed E-state index contributed by atoms with van der Waals surface area (Å²) in [5, 5.41) is 19.6. The van der Waals surface area contributed by atoms with Gasteiger partial charge in [-0.3, -0.25) is 10.1 Å². The number of rotatable bonds is 5. The lowest BCUT2D eigenvalue weighted by molar-refractivity contribution is -0.385. The van der Waals surface area contributed by atoms with Gasteiger partial charge in [0, 0.05) is 16.1 Å². The molecule has 2 rings (SSSR count). The molecule has 0 saturated heterocycles. The summed E-state index contributed by atoms with van der Waals surface area (Å²) in [6, 6.07) is 5.60. The molecule has 0 unspecified atom stereocenters. The molecule has 1 N–H and O–H groups in total. The number of ether oxygens (including phenoxy) is 1. The van der Waals surface area contributed by atoms with Crippen LogP contribution >= 0.6 is 15.9 Å². The van der Waals surface area contributed by atoms with E-state index < -0.39 is 10.9 Å². The van der Waals surface area contributed by atoms with Crippen molar-refractivity contribution in [1.29, 1.82) is 0 Å². The Morgan fingerprint density at radius 2 is 2.14 bits per heavy atom. The van der Waals surface area contributed by atoms with Crippen molar-refractivity contribution in [2.24, 2.45) is 0 Å². The van der Waals surface area contributed by atoms with Gasteiger partial charge >= 0.3 is 5.97 Å². The van der Waals surface area contributed by atoms with Gasteiger partial charge in [0.25, 0.3) is 5.69 Å². The lowest BCUT2D eigenvalue weighted by Crippen LogP contribution is -1.97. The summed E-state index contributed by atoms with van der Waals surface area (Å²) in [7, 11) is 0. The van der Waals surface area contributed by atoms with Crippen LogP contribution in [0.4, 0.5) is 5.69 Å². The first kappa shape index (κ1) is 15.0. The summed E-state index contributed by atoms with van der Waals surface area (Å²) < 4.78 is 11.0. The third-order valence-electron chi connectivity index (χ3n) is 2.69. The molecular formula is C13H10BrNO6. The Hall–Kier alpha value is -2.35. The number of carboxylic acid groups (broad SMARTS) is 1. The van der Waals surface area contributed by atoms with Crippen molar-refractivity contribution in [3.8, 4) is 5.75 Å². The van der Waals surface area contributed by atoms with Gasteiger partial charge in [-0.05, 0) is 19.1 Å². The lowest BCUT2D eigenvalue weighted by Gasteiger charge is -2.05. The summed E-state index contributed by atoms with van der Waals surface area (Å²) in [6.07, 6.45) is 0. The average molecular weight is 356 g/mol. The van der Waals surface area contributed by atoms with Crippen LogP contribution in [-0.2, 0) is 6.61 Å². The van der Waals surface area contributed by atoms with E-state index in [0.717, 1.165) is 0 Å². The summed E-state index contributed by atoms with van der Waals surface area (Å²) >= 11 is 3.16. The number of carbonyl (C=O) groups is 1. The molecule has 1 aromatic heterocycles. The van der Waals surface area contributed by atoms with Crippen molar-refractivity contribution in [2.45, 2.75) is 13.5 Å². The van der Waals surface area contributed by atoms with E-state index >= 15 is 0 Å². The number of benzene rings is 1. The minimum absolute atomic E-state index is 0.0518. The van der Waals surface area contributed by atoms with Crippen LogP contribution in [0.3, 0.4) is 0 Å². The number of nitro groups is 1. The fourth-order valence-corrected chi connectivity index (χ4v) is 2.13. The number of non-ortho nitro benzene ring substituents is 1. The van der Waals surface area contributed by atoms with Gasteiger partial charge in [0.15, 0.2) is 0 Å². The minimum Gasteiger partial charge on any atom is -0.488 e. The molecule has 0 aliphatic rings. The predicted octanol–water partition coefficient (Wildman–Crippen LogP) is 3.54. The second-order valence-electron chi connectivity index (χ2n) is 4.19. The molecule has 0 bridgehead atoms. The molecule has 7 nitrogen and oxygen atoms in total. The number of hydrogen-bond acceptors (Lipinski definition) is 5. The summed E-state index contributed by atoms with van der Waals surface area (Å²) in [6.45, 7) is 1.67. The molecule has 2 aromatic rings. The van der Waals surface area contributed by atoms with E-state index in [4.69, 9.17) is 14.3 Å². The van der Waals surface area contributed by atoms with Crippen LogP contribution in [0.2, 0.25) is 0 Å². The zero-order valence-electron chi connectivity index (χ0n) is 10.8. The number of carboxylic acids is 1. The maximum Gasteiger partial charge on any atom is 0.371 e. The standard InChI is InChI=1S/C13H10BrNO6/c1-7-8(2-12(21-7)13(16)17)6-20-11-4-9(14)3-10(5-11)15(18)19/h2-5H,6H2,1H3,(H,16,17). The van der Waals surface area contributed by atoms with Crippen LogP contribution in [-0.4, -0.2) is 16.0 Å². The van der Waals surface area contributed by atoms with Gasteiger partial charge in [0.2, 0.25) is 5.76 Å². The second-order valence-corrected chi connectivity index (χ2v) is 5.10. The van der Waals surface area contributed by atoms with Crippen molar-refractivity contribution in [1.82, 2.24) is 0 Å². The van der Waals surface area contributed by atoms with Crippen molar-refractivity contribution in [3.05, 3.63) is 55.9 Å². The summed E-state index contributed by atoms with van der Waals surface area (Å²) in [5.41, 5.74) is 0.463. The first-order valence-electron chi connectivity index (χ1n) is 5.77. The molecule has 0 aliphatic carbocycles. The molecule has 0 radical (unpaired) electrons. The van der Waals surface area contributed by atoms with Crippen molar-refractivity contribution < 1.29 is 24.0 Å². The normalized spacial score (nSPS) is 10.4. The van der Waals surface area contributed by atoms with Crippen LogP contribution in [0.25, 0.3) is 0 Å². The van der Waals surface area contributed by atoms with Gasteiger partial charge in [0.05, 0.1) is 11.0 Å². The lowest BCUT2D eigenvalue weighted by atomic mass is 10.2. The van der Waals surface area contributed by atoms with Crippen LogP contribution in [0.15, 0.2) is 33.2 Å². The van der Waals surface area contributed by atoms with E-state index in [9.17, 15) is 14.9 Å². The third kappa shape index (κ3) is 3.60. The average Bonchev–Trinajstić information content (AvgIpc) is 2.77. The zero-order valence-corrected chi connectivity index (χ0v) is 12.4. The van der Waals surface area contributed by atoms with Crippen LogP contribution in [0.1, 0.15) is 21.9 Å². The Balaban J connectivity index is 2.16. The predicted molar refractivity (Wildman–Crippen MR) is 75.5 cm³/mol. The van der Waals surface area contributed by atoms with Crippen LogP contribution in [0.5, 0.6) is 5.75 Å². The quantitative estimate of drug-likeness (QED) is 0.649. The Morgan fingerprint density at radius 1 is 1.43 bits per heavy atom. The topological polar surface area (TPSA) is 103 Å². The second kappa shape index (κ2) is 5.96. The van der Waals surface area contributed by atoms with Crippen molar-refractivity contribution in [2.75, 3.05) is 0 Å². The minimum atomic E-state index is -1.16. The van der Waals surface area contributed by atoms with Gasteiger partial charge in [-0.25, -0.2) is 4.79 Å². The first-order chi connectivity index (χ1) is 9.86. The van der Waals surface area contributed by atoms with Gasteiger partial charge in [-0.15, -0.1) is 0 Å². The number of nitrogens with zero attached hydrogens (tertiary/aromatic N) is 1. The molecule has 110 valence electrons. The number of aromatic carboxylic acids is 1. The third-order valence-corrected chi connectivity index (χ3v) is 3.15. The zero-order chi connectivity index (χ0) is 15.6. The highest BCUT2D eigenvalue weighted by Crippen LogP contribution is 2.27. The van der Waals surface area contributed by atoms with Gasteiger partial charge < -0.3 is 14.3 Å².